The van der Waals surface area contributed by atoms with Crippen molar-refractivity contribution in [3.8, 4) is 0 Å². The second-order valence-corrected chi connectivity index (χ2v) is 11.4. The minimum absolute atomic E-state index is 0.167. The fourth-order valence-electron chi connectivity index (χ4n) is 3.42. The number of nitrogens with zero attached hydrogens (tertiary/aromatic N) is 3. The largest absolute Gasteiger partial charge is 0.301 e. The van der Waals surface area contributed by atoms with Crippen molar-refractivity contribution in [2.24, 2.45) is 0 Å². The number of hydrogen-bond donors (Lipinski definition) is 1. The number of thioether (sulfide) groups is 1. The van der Waals surface area contributed by atoms with Gasteiger partial charge in [-0.3, -0.25) is 4.79 Å². The van der Waals surface area contributed by atoms with Crippen LogP contribution in [-0.2, 0) is 14.8 Å². The summed E-state index contributed by atoms with van der Waals surface area (Å²) in [6.07, 6.45) is 5.31. The van der Waals surface area contributed by atoms with Gasteiger partial charge in [0.1, 0.15) is 4.90 Å². The van der Waals surface area contributed by atoms with E-state index in [-0.39, 0.29) is 16.6 Å². The number of hydrogen-bond acceptors (Lipinski definition) is 7. The number of sulfonamides is 1. The zero-order valence-corrected chi connectivity index (χ0v) is 19.7. The Hall–Kier alpha value is -2.01. The molecule has 0 spiro atoms. The van der Waals surface area contributed by atoms with Crippen LogP contribution in [0.4, 0.5) is 5.13 Å². The molecule has 0 saturated carbocycles. The molecule has 0 atom stereocenters. The number of amides is 1. The van der Waals surface area contributed by atoms with E-state index in [0.29, 0.717) is 23.2 Å². The number of pyridine rings is 1. The zero-order chi connectivity index (χ0) is 21.8. The van der Waals surface area contributed by atoms with Gasteiger partial charge < -0.3 is 5.32 Å². The second kappa shape index (κ2) is 9.64. The lowest BCUT2D eigenvalue weighted by atomic mass is 10.2. The Kier molecular flexibility index (Phi) is 6.90. The van der Waals surface area contributed by atoms with Crippen LogP contribution in [0.3, 0.4) is 0 Å². The molecular weight excluding hydrogens is 452 g/mol. The molecular formula is C21H24N4O3S3. The lowest BCUT2D eigenvalue weighted by Gasteiger charge is -2.19. The molecule has 3 heterocycles. The molecule has 0 unspecified atom stereocenters. The second-order valence-electron chi connectivity index (χ2n) is 7.48. The highest BCUT2D eigenvalue weighted by Gasteiger charge is 2.25. The van der Waals surface area contributed by atoms with Crippen LogP contribution in [0.15, 0.2) is 46.5 Å². The highest BCUT2D eigenvalue weighted by molar-refractivity contribution is 7.99. The maximum absolute atomic E-state index is 12.8. The molecule has 1 N–H and O–H groups in total. The molecule has 1 saturated heterocycles. The molecule has 1 fully saturated rings. The number of carbonyl (C=O) groups excluding carboxylic acids is 1. The van der Waals surface area contributed by atoms with Crippen LogP contribution in [0.1, 0.15) is 31.2 Å². The molecule has 164 valence electrons. The summed E-state index contributed by atoms with van der Waals surface area (Å²) >= 11 is 2.70. The van der Waals surface area contributed by atoms with E-state index in [1.54, 1.807) is 16.4 Å². The van der Waals surface area contributed by atoms with Gasteiger partial charge in [0.25, 0.3) is 0 Å². The van der Waals surface area contributed by atoms with Crippen molar-refractivity contribution in [2.45, 2.75) is 42.5 Å². The Morgan fingerprint density at radius 1 is 1.16 bits per heavy atom. The van der Waals surface area contributed by atoms with Gasteiger partial charge in [0, 0.05) is 19.3 Å². The molecule has 0 bridgehead atoms. The first-order chi connectivity index (χ1) is 14.9. The predicted molar refractivity (Wildman–Crippen MR) is 125 cm³/mol. The third-order valence-electron chi connectivity index (χ3n) is 5.05. The third kappa shape index (κ3) is 5.43. The molecule has 10 heteroatoms. The first kappa shape index (κ1) is 22.2. The van der Waals surface area contributed by atoms with E-state index < -0.39 is 10.0 Å². The summed E-state index contributed by atoms with van der Waals surface area (Å²) in [5, 5.41) is 3.99. The van der Waals surface area contributed by atoms with Gasteiger partial charge in [0.2, 0.25) is 15.9 Å². The Morgan fingerprint density at radius 2 is 1.94 bits per heavy atom. The lowest BCUT2D eigenvalue weighted by molar-refractivity contribution is -0.113. The van der Waals surface area contributed by atoms with Crippen LogP contribution in [0.2, 0.25) is 0 Å². The van der Waals surface area contributed by atoms with Crippen LogP contribution in [-0.4, -0.2) is 47.4 Å². The number of carbonyl (C=O) groups is 1. The number of aromatic nitrogens is 2. The molecule has 3 aromatic rings. The van der Waals surface area contributed by atoms with Gasteiger partial charge in [-0.2, -0.15) is 4.31 Å². The minimum Gasteiger partial charge on any atom is -0.301 e. The Balaban J connectivity index is 1.34. The number of aryl methyl sites for hydroxylation is 1. The standard InChI is InChI=1S/C21H24N4O3S3/c1-15-6-8-17-18(12-15)30-21(23-17)24-19(26)14-29-20-9-7-16(13-22-20)31(27,28)25-10-4-2-3-5-11-25/h6-9,12-13H,2-5,10-11,14H2,1H3,(H,23,24,26). The number of rotatable bonds is 6. The van der Waals surface area contributed by atoms with E-state index in [2.05, 4.69) is 15.3 Å². The van der Waals surface area contributed by atoms with Crippen LogP contribution >= 0.6 is 23.1 Å². The zero-order valence-electron chi connectivity index (χ0n) is 17.2. The summed E-state index contributed by atoms with van der Waals surface area (Å²) in [7, 11) is -3.51. The van der Waals surface area contributed by atoms with Gasteiger partial charge in [-0.15, -0.1) is 0 Å². The highest BCUT2D eigenvalue weighted by atomic mass is 32.2. The van der Waals surface area contributed by atoms with Crippen molar-refractivity contribution in [3.05, 3.63) is 42.1 Å². The van der Waals surface area contributed by atoms with E-state index in [1.807, 2.05) is 25.1 Å². The molecule has 1 aromatic carbocycles. The number of nitrogens with one attached hydrogen (secondary N) is 1. The maximum Gasteiger partial charge on any atom is 0.244 e. The fourth-order valence-corrected chi connectivity index (χ4v) is 6.50. The van der Waals surface area contributed by atoms with E-state index in [4.69, 9.17) is 0 Å². The molecule has 4 rings (SSSR count). The van der Waals surface area contributed by atoms with Crippen molar-refractivity contribution in [2.75, 3.05) is 24.2 Å². The maximum atomic E-state index is 12.8. The van der Waals surface area contributed by atoms with Crippen molar-refractivity contribution in [1.29, 1.82) is 0 Å². The Morgan fingerprint density at radius 3 is 2.65 bits per heavy atom. The van der Waals surface area contributed by atoms with E-state index >= 15 is 0 Å². The van der Waals surface area contributed by atoms with E-state index in [1.165, 1.54) is 29.3 Å². The van der Waals surface area contributed by atoms with Crippen LogP contribution in [0.25, 0.3) is 10.2 Å². The molecule has 1 amide bonds. The Labute approximate surface area is 190 Å². The van der Waals surface area contributed by atoms with Crippen molar-refractivity contribution in [1.82, 2.24) is 14.3 Å². The fraction of sp³-hybridized carbons (Fsp3) is 0.381. The average Bonchev–Trinajstić information content (AvgIpc) is 2.95. The molecule has 1 aliphatic heterocycles. The summed E-state index contributed by atoms with van der Waals surface area (Å²) in [5.41, 5.74) is 2.01. The summed E-state index contributed by atoms with van der Waals surface area (Å²) in [6.45, 7) is 3.14. The summed E-state index contributed by atoms with van der Waals surface area (Å²) in [6, 6.07) is 9.21. The normalized spacial score (nSPS) is 15.6. The van der Waals surface area contributed by atoms with Crippen molar-refractivity contribution >= 4 is 54.4 Å². The SMILES string of the molecule is Cc1ccc2nc(NC(=O)CSc3ccc(S(=O)(=O)N4CCCCCC4)cn3)sc2c1. The van der Waals surface area contributed by atoms with Gasteiger partial charge in [0.05, 0.1) is 21.0 Å². The third-order valence-corrected chi connectivity index (χ3v) is 8.81. The quantitative estimate of drug-likeness (QED) is 0.534. The van der Waals surface area contributed by atoms with E-state index in [0.717, 1.165) is 41.5 Å². The molecule has 0 aliphatic carbocycles. The minimum atomic E-state index is -3.51. The summed E-state index contributed by atoms with van der Waals surface area (Å²) in [5.74, 6) is -0.0102. The van der Waals surface area contributed by atoms with Gasteiger partial charge in [-0.1, -0.05) is 42.0 Å². The van der Waals surface area contributed by atoms with Crippen molar-refractivity contribution in [3.63, 3.8) is 0 Å². The first-order valence-electron chi connectivity index (χ1n) is 10.2. The van der Waals surface area contributed by atoms with Gasteiger partial charge in [-0.05, 0) is 49.6 Å². The molecule has 31 heavy (non-hydrogen) atoms. The topological polar surface area (TPSA) is 92.3 Å². The monoisotopic (exact) mass is 476 g/mol. The molecule has 0 radical (unpaired) electrons. The highest BCUT2D eigenvalue weighted by Crippen LogP contribution is 2.27. The number of fused-ring (bicyclic) bond motifs is 1. The lowest BCUT2D eigenvalue weighted by Crippen LogP contribution is -2.32. The molecule has 7 nitrogen and oxygen atoms in total. The van der Waals surface area contributed by atoms with Gasteiger partial charge >= 0.3 is 0 Å². The first-order valence-corrected chi connectivity index (χ1v) is 13.4. The Bertz CT molecular complexity index is 1170. The smallest absolute Gasteiger partial charge is 0.244 e. The summed E-state index contributed by atoms with van der Waals surface area (Å²) in [4.78, 5) is 21.2. The van der Waals surface area contributed by atoms with Gasteiger partial charge in [-0.25, -0.2) is 18.4 Å². The number of thiazole rings is 1. The predicted octanol–water partition coefficient (Wildman–Crippen LogP) is 4.30. The number of anilines is 1. The molecule has 1 aliphatic rings. The van der Waals surface area contributed by atoms with E-state index in [9.17, 15) is 13.2 Å². The number of benzene rings is 1. The van der Waals surface area contributed by atoms with Gasteiger partial charge in [0.15, 0.2) is 5.13 Å². The van der Waals surface area contributed by atoms with Crippen LogP contribution in [0.5, 0.6) is 0 Å². The van der Waals surface area contributed by atoms with Crippen molar-refractivity contribution < 1.29 is 13.2 Å². The van der Waals surface area contributed by atoms with Crippen LogP contribution < -0.4 is 5.32 Å². The van der Waals surface area contributed by atoms with Crippen LogP contribution in [0, 0.1) is 6.92 Å². The molecule has 2 aromatic heterocycles. The summed E-state index contributed by atoms with van der Waals surface area (Å²) < 4.78 is 28.2. The average molecular weight is 477 g/mol.